The predicted molar refractivity (Wildman–Crippen MR) is 222 cm³/mol. The van der Waals surface area contributed by atoms with E-state index in [1.807, 2.05) is 52.1 Å². The number of nitrogens with zero attached hydrogens (tertiary/aromatic N) is 9. The van der Waals surface area contributed by atoms with Gasteiger partial charge in [0, 0.05) is 58.4 Å². The van der Waals surface area contributed by atoms with Gasteiger partial charge in [-0.25, -0.2) is 29.0 Å². The zero-order valence-corrected chi connectivity index (χ0v) is 33.2. The zero-order valence-electron chi connectivity index (χ0n) is 31.5. The van der Waals surface area contributed by atoms with Gasteiger partial charge in [-0.15, -0.1) is 22.7 Å². The number of nitrogens with one attached hydrogen (secondary N) is 2. The third-order valence-electron chi connectivity index (χ3n) is 11.4. The monoisotopic (exact) mass is 813 g/mol. The molecule has 9 heterocycles. The Bertz CT molecular complexity index is 2850. The van der Waals surface area contributed by atoms with Crippen LogP contribution < -0.4 is 10.6 Å². The van der Waals surface area contributed by atoms with Crippen molar-refractivity contribution < 1.29 is 19.4 Å². The first-order chi connectivity index (χ1) is 28.4. The maximum absolute atomic E-state index is 13.2. The van der Waals surface area contributed by atoms with Crippen LogP contribution in [0.2, 0.25) is 0 Å². The fourth-order valence-corrected chi connectivity index (χ4v) is 10.9. The van der Waals surface area contributed by atoms with Gasteiger partial charge in [0.1, 0.15) is 34.0 Å². The van der Waals surface area contributed by atoms with Crippen LogP contribution >= 0.6 is 22.7 Å². The van der Waals surface area contributed by atoms with E-state index in [0.29, 0.717) is 32.6 Å². The first kappa shape index (κ1) is 36.3. The summed E-state index contributed by atoms with van der Waals surface area (Å²) in [4.78, 5) is 48.8. The Morgan fingerprint density at radius 1 is 0.776 bits per heavy atom. The van der Waals surface area contributed by atoms with E-state index in [4.69, 9.17) is 4.74 Å². The highest BCUT2D eigenvalue weighted by Gasteiger charge is 2.34. The first-order valence-corrected chi connectivity index (χ1v) is 21.0. The molecule has 0 radical (unpaired) electrons. The summed E-state index contributed by atoms with van der Waals surface area (Å²) in [5, 5.41) is 26.8. The maximum Gasteiger partial charge on any atom is 0.306 e. The summed E-state index contributed by atoms with van der Waals surface area (Å²) in [6.07, 6.45) is 15.0. The van der Waals surface area contributed by atoms with Crippen molar-refractivity contribution in [1.29, 1.82) is 0 Å². The van der Waals surface area contributed by atoms with Crippen molar-refractivity contribution in [2.24, 2.45) is 11.8 Å². The Balaban J connectivity index is 0.000000144. The number of hydrogen-bond donors (Lipinski definition) is 3. The number of amides is 1. The standard InChI is InChI=1S/C23H24N6O2S.C18H15N5O2S/c1-14-12-31-9-8-28(14)23(30)15-2-3-18-19(10-15)32-22-20(18)21(24-13-25-22)27-16-5-7-29-17(11-16)4-6-26-29;24-18(25)10-1-2-13-14(7-10)26-17-15(13)16(19-9-20-17)22-11-4-6-23-12(8-11)3-5-21-23/h4-7,11,13-15H,2-3,8-10,12H2,1H3,(H,24,25,27);3-6,8-10H,1-2,7H2,(H,24,25)(H,19,20,22)/t14-,15-;10-/m00/s1. The van der Waals surface area contributed by atoms with Crippen LogP contribution in [0.5, 0.6) is 0 Å². The topological polar surface area (TPSA) is 177 Å². The first-order valence-electron chi connectivity index (χ1n) is 19.4. The molecule has 8 aromatic heterocycles. The number of aliphatic carboxylic acids is 1. The Morgan fingerprint density at radius 3 is 1.88 bits per heavy atom. The fraction of sp³-hybridized carbons (Fsp3) is 0.317. The molecular weight excluding hydrogens is 775 g/mol. The maximum atomic E-state index is 13.2. The number of carboxylic acids is 1. The molecule has 0 aromatic carbocycles. The highest BCUT2D eigenvalue weighted by molar-refractivity contribution is 7.19. The van der Waals surface area contributed by atoms with Crippen molar-refractivity contribution >= 4 is 89.0 Å². The summed E-state index contributed by atoms with van der Waals surface area (Å²) < 4.78 is 9.15. The molecule has 0 bridgehead atoms. The molecule has 17 heteroatoms. The third kappa shape index (κ3) is 6.77. The van der Waals surface area contributed by atoms with E-state index in [2.05, 4.69) is 53.8 Å². The molecule has 8 aromatic rings. The van der Waals surface area contributed by atoms with Crippen LogP contribution in [0.15, 0.2) is 73.8 Å². The number of carbonyl (C=O) groups is 2. The van der Waals surface area contributed by atoms with Gasteiger partial charge in [0.15, 0.2) is 0 Å². The van der Waals surface area contributed by atoms with Crippen LogP contribution in [0.25, 0.3) is 31.5 Å². The summed E-state index contributed by atoms with van der Waals surface area (Å²) in [5.74, 6) is 0.871. The minimum atomic E-state index is -0.716. The van der Waals surface area contributed by atoms with Crippen molar-refractivity contribution in [3.05, 3.63) is 94.7 Å². The van der Waals surface area contributed by atoms with Gasteiger partial charge in [-0.3, -0.25) is 9.59 Å². The number of pyridine rings is 2. The molecule has 1 fully saturated rings. The predicted octanol–water partition coefficient (Wildman–Crippen LogP) is 6.71. The second-order valence-electron chi connectivity index (χ2n) is 15.0. The van der Waals surface area contributed by atoms with Crippen molar-refractivity contribution in [3.63, 3.8) is 0 Å². The number of carboxylic acid groups (broad SMARTS) is 1. The number of carbonyl (C=O) groups excluding carboxylic acids is 1. The minimum Gasteiger partial charge on any atom is -0.481 e. The molecule has 1 aliphatic heterocycles. The highest BCUT2D eigenvalue weighted by Crippen LogP contribution is 2.42. The third-order valence-corrected chi connectivity index (χ3v) is 13.7. The van der Waals surface area contributed by atoms with E-state index in [1.54, 1.807) is 52.2 Å². The number of rotatable bonds is 6. The Morgan fingerprint density at radius 2 is 1.33 bits per heavy atom. The van der Waals surface area contributed by atoms with Crippen molar-refractivity contribution in [1.82, 2.24) is 44.1 Å². The molecule has 1 saturated heterocycles. The lowest BCUT2D eigenvalue weighted by molar-refractivity contribution is -0.144. The normalized spacial score (nSPS) is 19.1. The molecule has 11 rings (SSSR count). The summed E-state index contributed by atoms with van der Waals surface area (Å²) >= 11 is 3.28. The fourth-order valence-electron chi connectivity index (χ4n) is 8.39. The molecule has 2 aliphatic carbocycles. The second-order valence-corrected chi connectivity index (χ2v) is 17.1. The van der Waals surface area contributed by atoms with Crippen LogP contribution in [-0.4, -0.2) is 86.8 Å². The van der Waals surface area contributed by atoms with Gasteiger partial charge in [0.05, 0.1) is 47.0 Å². The Labute approximate surface area is 339 Å². The largest absolute Gasteiger partial charge is 0.481 e. The second kappa shape index (κ2) is 15.0. The molecule has 0 unspecified atom stereocenters. The van der Waals surface area contributed by atoms with Crippen molar-refractivity contribution in [2.75, 3.05) is 30.4 Å². The SMILES string of the molecule is C[C@H]1COCCN1C(=O)[C@H]1CCc2c(sc3ncnc(Nc4ccn5nccc5c4)c23)C1.O=C(O)[C@H]1CCc2c(sc3ncnc(Nc4ccn5nccc5c4)c23)C1. The number of aryl methyl sites for hydroxylation is 2. The quantitative estimate of drug-likeness (QED) is 0.162. The lowest BCUT2D eigenvalue weighted by Crippen LogP contribution is -2.50. The average Bonchev–Trinajstić information content (AvgIpc) is 4.05. The molecule has 58 heavy (non-hydrogen) atoms. The molecule has 3 N–H and O–H groups in total. The van der Waals surface area contributed by atoms with Crippen LogP contribution in [0, 0.1) is 11.8 Å². The van der Waals surface area contributed by atoms with Crippen molar-refractivity contribution in [3.8, 4) is 0 Å². The molecule has 3 aliphatic rings. The zero-order chi connectivity index (χ0) is 39.3. The van der Waals surface area contributed by atoms with E-state index in [9.17, 15) is 14.7 Å². The summed E-state index contributed by atoms with van der Waals surface area (Å²) in [5.41, 5.74) is 6.39. The number of hydrogen-bond acceptors (Lipinski definition) is 13. The van der Waals surface area contributed by atoms with E-state index in [0.717, 1.165) is 85.0 Å². The van der Waals surface area contributed by atoms with Crippen LogP contribution in [0.1, 0.15) is 40.6 Å². The molecule has 1 amide bonds. The number of thiophene rings is 2. The van der Waals surface area contributed by atoms with Crippen molar-refractivity contribution in [2.45, 2.75) is 51.5 Å². The van der Waals surface area contributed by atoms with Gasteiger partial charge in [0.25, 0.3) is 0 Å². The number of anilines is 4. The van der Waals surface area contributed by atoms with Crippen LogP contribution in [0.4, 0.5) is 23.0 Å². The van der Waals surface area contributed by atoms with Gasteiger partial charge in [0.2, 0.25) is 5.91 Å². The summed E-state index contributed by atoms with van der Waals surface area (Å²) in [7, 11) is 0. The lowest BCUT2D eigenvalue weighted by Gasteiger charge is -2.36. The van der Waals surface area contributed by atoms with E-state index < -0.39 is 5.97 Å². The van der Waals surface area contributed by atoms with E-state index in [1.165, 1.54) is 16.0 Å². The Hall–Kier alpha value is -6.04. The summed E-state index contributed by atoms with van der Waals surface area (Å²) in [6.45, 7) is 4.02. The highest BCUT2D eigenvalue weighted by atomic mass is 32.1. The molecule has 3 atom stereocenters. The molecular formula is C41H39N11O4S2. The van der Waals surface area contributed by atoms with Gasteiger partial charge < -0.3 is 25.4 Å². The molecule has 15 nitrogen and oxygen atoms in total. The summed E-state index contributed by atoms with van der Waals surface area (Å²) in [6, 6.07) is 12.1. The van der Waals surface area contributed by atoms with Crippen LogP contribution in [-0.2, 0) is 40.0 Å². The van der Waals surface area contributed by atoms with Gasteiger partial charge >= 0.3 is 5.97 Å². The van der Waals surface area contributed by atoms with Gasteiger partial charge in [-0.2, -0.15) is 10.2 Å². The average molecular weight is 814 g/mol. The smallest absolute Gasteiger partial charge is 0.306 e. The molecule has 0 spiro atoms. The van der Waals surface area contributed by atoms with Gasteiger partial charge in [-0.1, -0.05) is 0 Å². The minimum absolute atomic E-state index is 0.0322. The molecule has 294 valence electrons. The lowest BCUT2D eigenvalue weighted by atomic mass is 9.86. The number of ether oxygens (including phenoxy) is 1. The molecule has 0 saturated carbocycles. The number of morpholine rings is 1. The Kier molecular flexibility index (Phi) is 9.42. The number of fused-ring (bicyclic) bond motifs is 8. The van der Waals surface area contributed by atoms with Gasteiger partial charge in [-0.05, 0) is 93.0 Å². The number of aromatic nitrogens is 8. The van der Waals surface area contributed by atoms with E-state index >= 15 is 0 Å². The van der Waals surface area contributed by atoms with E-state index in [-0.39, 0.29) is 23.8 Å². The van der Waals surface area contributed by atoms with Crippen LogP contribution in [0.3, 0.4) is 0 Å².